The summed E-state index contributed by atoms with van der Waals surface area (Å²) in [4.78, 5) is 6.13. The van der Waals surface area contributed by atoms with Gasteiger partial charge in [-0.05, 0) is 29.8 Å². The molecular weight excluding hydrogens is 333 g/mol. The normalized spacial score (nSPS) is 16.0. The first-order chi connectivity index (χ1) is 12.0. The van der Waals surface area contributed by atoms with E-state index in [1.165, 1.54) is 6.20 Å². The van der Waals surface area contributed by atoms with Crippen LogP contribution in [0.4, 0.5) is 13.2 Å². The van der Waals surface area contributed by atoms with Gasteiger partial charge in [0.15, 0.2) is 0 Å². The molecule has 0 atom stereocenters. The maximum absolute atomic E-state index is 13.2. The van der Waals surface area contributed by atoms with Gasteiger partial charge in [0.1, 0.15) is 12.4 Å². The van der Waals surface area contributed by atoms with Crippen LogP contribution in [-0.2, 0) is 10.9 Å². The molecule has 2 aromatic rings. The maximum atomic E-state index is 13.2. The number of nitrogens with zero attached hydrogens (tertiary/aromatic N) is 2. The number of aromatic nitrogens is 1. The summed E-state index contributed by atoms with van der Waals surface area (Å²) >= 11 is 0. The topological polar surface area (TPSA) is 34.6 Å². The van der Waals surface area contributed by atoms with Gasteiger partial charge in [-0.15, -0.1) is 0 Å². The fourth-order valence-electron chi connectivity index (χ4n) is 2.66. The Kier molecular flexibility index (Phi) is 5.55. The fourth-order valence-corrected chi connectivity index (χ4v) is 2.66. The lowest BCUT2D eigenvalue weighted by atomic mass is 10.0. The highest BCUT2D eigenvalue weighted by Gasteiger charge is 2.31. The van der Waals surface area contributed by atoms with Gasteiger partial charge < -0.3 is 9.47 Å². The second-order valence-electron chi connectivity index (χ2n) is 5.79. The van der Waals surface area contributed by atoms with Gasteiger partial charge in [0.25, 0.3) is 0 Å². The van der Waals surface area contributed by atoms with Crippen molar-refractivity contribution in [3.8, 4) is 16.9 Å². The van der Waals surface area contributed by atoms with E-state index in [1.807, 2.05) is 0 Å². The number of hydrogen-bond donors (Lipinski definition) is 0. The number of benzene rings is 1. The molecule has 0 N–H and O–H groups in total. The van der Waals surface area contributed by atoms with E-state index in [0.717, 1.165) is 25.2 Å². The molecule has 0 saturated carbocycles. The SMILES string of the molecule is FC(F)(F)c1cc(OCCN2CCOCC2)cc(-c2cccnc2)c1. The van der Waals surface area contributed by atoms with Crippen LogP contribution in [0.5, 0.6) is 5.75 Å². The van der Waals surface area contributed by atoms with Crippen molar-refractivity contribution < 1.29 is 22.6 Å². The van der Waals surface area contributed by atoms with Crippen LogP contribution in [-0.4, -0.2) is 49.3 Å². The van der Waals surface area contributed by atoms with Gasteiger partial charge in [-0.2, -0.15) is 13.2 Å². The Bertz CT molecular complexity index is 686. The summed E-state index contributed by atoms with van der Waals surface area (Å²) in [6.07, 6.45) is -1.32. The third-order valence-electron chi connectivity index (χ3n) is 4.01. The third kappa shape index (κ3) is 4.93. The molecule has 1 aromatic carbocycles. The number of rotatable bonds is 5. The molecule has 0 amide bonds. The highest BCUT2D eigenvalue weighted by atomic mass is 19.4. The summed E-state index contributed by atoms with van der Waals surface area (Å²) in [7, 11) is 0. The molecule has 0 radical (unpaired) electrons. The first kappa shape index (κ1) is 17.7. The van der Waals surface area contributed by atoms with E-state index in [2.05, 4.69) is 9.88 Å². The number of halogens is 3. The van der Waals surface area contributed by atoms with Gasteiger partial charge in [0, 0.05) is 37.6 Å². The molecule has 2 heterocycles. The fraction of sp³-hybridized carbons (Fsp3) is 0.389. The van der Waals surface area contributed by atoms with Crippen LogP contribution in [0.2, 0.25) is 0 Å². The lowest BCUT2D eigenvalue weighted by molar-refractivity contribution is -0.137. The Balaban J connectivity index is 1.75. The smallest absolute Gasteiger partial charge is 0.416 e. The van der Waals surface area contributed by atoms with Crippen LogP contribution < -0.4 is 4.74 Å². The predicted octanol–water partition coefficient (Wildman–Crippen LogP) is 3.48. The number of hydrogen-bond acceptors (Lipinski definition) is 4. The standard InChI is InChI=1S/C18H19F3N2O2/c19-18(20,21)16-10-15(14-2-1-3-22-13-14)11-17(12-16)25-9-6-23-4-7-24-8-5-23/h1-3,10-13H,4-9H2. The van der Waals surface area contributed by atoms with Gasteiger partial charge in [-0.1, -0.05) is 6.07 Å². The molecule has 0 bridgehead atoms. The summed E-state index contributed by atoms with van der Waals surface area (Å²) in [5.74, 6) is 0.210. The molecule has 4 nitrogen and oxygen atoms in total. The third-order valence-corrected chi connectivity index (χ3v) is 4.01. The first-order valence-corrected chi connectivity index (χ1v) is 8.08. The Morgan fingerprint density at radius 3 is 2.60 bits per heavy atom. The van der Waals surface area contributed by atoms with Crippen molar-refractivity contribution >= 4 is 0 Å². The molecule has 7 heteroatoms. The number of alkyl halides is 3. The second kappa shape index (κ2) is 7.84. The van der Waals surface area contributed by atoms with E-state index >= 15 is 0 Å². The highest BCUT2D eigenvalue weighted by Crippen LogP contribution is 2.35. The van der Waals surface area contributed by atoms with Crippen LogP contribution in [0.15, 0.2) is 42.7 Å². The average molecular weight is 352 g/mol. The Hall–Kier alpha value is -2.12. The highest BCUT2D eigenvalue weighted by molar-refractivity contribution is 5.65. The molecule has 1 fully saturated rings. The summed E-state index contributed by atoms with van der Waals surface area (Å²) in [6, 6.07) is 7.19. The van der Waals surface area contributed by atoms with E-state index in [0.29, 0.717) is 37.5 Å². The molecule has 1 aliphatic rings. The minimum Gasteiger partial charge on any atom is -0.492 e. The van der Waals surface area contributed by atoms with E-state index in [1.54, 1.807) is 24.4 Å². The molecular formula is C18H19F3N2O2. The summed E-state index contributed by atoms with van der Waals surface area (Å²) in [5.41, 5.74) is 0.325. The van der Waals surface area contributed by atoms with E-state index < -0.39 is 11.7 Å². The predicted molar refractivity (Wildman–Crippen MR) is 87.4 cm³/mol. The quantitative estimate of drug-likeness (QED) is 0.825. The largest absolute Gasteiger partial charge is 0.492 e. The Labute approximate surface area is 144 Å². The molecule has 25 heavy (non-hydrogen) atoms. The van der Waals surface area contributed by atoms with Gasteiger partial charge in [-0.25, -0.2) is 0 Å². The summed E-state index contributed by atoms with van der Waals surface area (Å²) in [6.45, 7) is 3.96. The molecule has 1 aliphatic heterocycles. The van der Waals surface area contributed by atoms with Crippen LogP contribution in [0.1, 0.15) is 5.56 Å². The van der Waals surface area contributed by atoms with E-state index in [9.17, 15) is 13.2 Å². The number of ether oxygens (including phenoxy) is 2. The van der Waals surface area contributed by atoms with Gasteiger partial charge in [0.05, 0.1) is 18.8 Å². The van der Waals surface area contributed by atoms with Crippen molar-refractivity contribution in [1.29, 1.82) is 0 Å². The number of pyridine rings is 1. The monoisotopic (exact) mass is 352 g/mol. The van der Waals surface area contributed by atoms with Crippen molar-refractivity contribution in [2.24, 2.45) is 0 Å². The zero-order valence-corrected chi connectivity index (χ0v) is 13.6. The van der Waals surface area contributed by atoms with Crippen LogP contribution in [0.25, 0.3) is 11.1 Å². The summed E-state index contributed by atoms with van der Waals surface area (Å²) < 4.78 is 50.4. The number of morpholine rings is 1. The minimum atomic E-state index is -4.43. The van der Waals surface area contributed by atoms with Crippen molar-refractivity contribution in [3.63, 3.8) is 0 Å². The Morgan fingerprint density at radius 2 is 1.92 bits per heavy atom. The van der Waals surface area contributed by atoms with Crippen LogP contribution >= 0.6 is 0 Å². The molecule has 134 valence electrons. The van der Waals surface area contributed by atoms with E-state index in [-0.39, 0.29) is 5.75 Å². The van der Waals surface area contributed by atoms with Crippen molar-refractivity contribution in [3.05, 3.63) is 48.3 Å². The van der Waals surface area contributed by atoms with Gasteiger partial charge in [0.2, 0.25) is 0 Å². The van der Waals surface area contributed by atoms with Crippen LogP contribution in [0, 0.1) is 0 Å². The van der Waals surface area contributed by atoms with Crippen molar-refractivity contribution in [2.75, 3.05) is 39.5 Å². The minimum absolute atomic E-state index is 0.210. The lowest BCUT2D eigenvalue weighted by Gasteiger charge is -2.26. The van der Waals surface area contributed by atoms with Crippen LogP contribution in [0.3, 0.4) is 0 Å². The zero-order chi connectivity index (χ0) is 17.7. The van der Waals surface area contributed by atoms with Gasteiger partial charge >= 0.3 is 6.18 Å². The zero-order valence-electron chi connectivity index (χ0n) is 13.6. The van der Waals surface area contributed by atoms with Crippen molar-refractivity contribution in [2.45, 2.75) is 6.18 Å². The molecule has 1 saturated heterocycles. The molecule has 0 aliphatic carbocycles. The molecule has 0 unspecified atom stereocenters. The molecule has 1 aromatic heterocycles. The van der Waals surface area contributed by atoms with E-state index in [4.69, 9.17) is 9.47 Å². The Morgan fingerprint density at radius 1 is 1.12 bits per heavy atom. The second-order valence-corrected chi connectivity index (χ2v) is 5.79. The van der Waals surface area contributed by atoms with Crippen molar-refractivity contribution in [1.82, 2.24) is 9.88 Å². The average Bonchev–Trinajstić information content (AvgIpc) is 2.62. The maximum Gasteiger partial charge on any atom is 0.416 e. The summed E-state index contributed by atoms with van der Waals surface area (Å²) in [5, 5.41) is 0. The van der Waals surface area contributed by atoms with Gasteiger partial charge in [-0.3, -0.25) is 9.88 Å². The molecule has 3 rings (SSSR count). The molecule has 0 spiro atoms. The first-order valence-electron chi connectivity index (χ1n) is 8.08. The lowest BCUT2D eigenvalue weighted by Crippen LogP contribution is -2.38.